The van der Waals surface area contributed by atoms with Gasteiger partial charge in [0.05, 0.1) is 13.2 Å². The minimum Gasteiger partial charge on any atom is -0.496 e. The van der Waals surface area contributed by atoms with Gasteiger partial charge in [0.2, 0.25) is 0 Å². The molecule has 1 amide bonds. The molecule has 4 rings (SSSR count). The Labute approximate surface area is 185 Å². The summed E-state index contributed by atoms with van der Waals surface area (Å²) in [5.74, 6) is 1.36. The van der Waals surface area contributed by atoms with Crippen LogP contribution in [0.3, 0.4) is 0 Å². The molecule has 156 valence electrons. The standard InChI is InChI=1S/C25H23N3O2S/c1-17-16-20(25(31-17)28-24(29)18-10-4-3-5-11-18)23(27-22-14-8-9-15-26-22)19-12-6-7-13-21(19)30-2/h3-16,23H,1-2H3,(H,26,27)(H,28,29). The number of hydrogen-bond donors (Lipinski definition) is 2. The van der Waals surface area contributed by atoms with E-state index in [4.69, 9.17) is 4.74 Å². The van der Waals surface area contributed by atoms with E-state index >= 15 is 0 Å². The van der Waals surface area contributed by atoms with Crippen molar-refractivity contribution in [2.24, 2.45) is 0 Å². The zero-order chi connectivity index (χ0) is 21.6. The number of nitrogens with one attached hydrogen (secondary N) is 2. The predicted molar refractivity (Wildman–Crippen MR) is 126 cm³/mol. The Morgan fingerprint density at radius 2 is 1.71 bits per heavy atom. The van der Waals surface area contributed by atoms with E-state index in [-0.39, 0.29) is 11.9 Å². The summed E-state index contributed by atoms with van der Waals surface area (Å²) in [4.78, 5) is 18.4. The van der Waals surface area contributed by atoms with Crippen LogP contribution in [-0.4, -0.2) is 18.0 Å². The number of anilines is 2. The van der Waals surface area contributed by atoms with Crippen LogP contribution >= 0.6 is 11.3 Å². The van der Waals surface area contributed by atoms with Gasteiger partial charge in [0.1, 0.15) is 16.6 Å². The van der Waals surface area contributed by atoms with Crippen LogP contribution in [0.1, 0.15) is 32.4 Å². The lowest BCUT2D eigenvalue weighted by Gasteiger charge is -2.23. The van der Waals surface area contributed by atoms with Crippen molar-refractivity contribution < 1.29 is 9.53 Å². The topological polar surface area (TPSA) is 63.2 Å². The summed E-state index contributed by atoms with van der Waals surface area (Å²) >= 11 is 1.55. The van der Waals surface area contributed by atoms with Gasteiger partial charge >= 0.3 is 0 Å². The molecule has 0 aliphatic rings. The Balaban J connectivity index is 1.75. The van der Waals surface area contributed by atoms with E-state index in [1.165, 1.54) is 0 Å². The van der Waals surface area contributed by atoms with Gasteiger partial charge in [-0.1, -0.05) is 42.5 Å². The zero-order valence-corrected chi connectivity index (χ0v) is 18.1. The van der Waals surface area contributed by atoms with Crippen LogP contribution in [0.4, 0.5) is 10.8 Å². The second-order valence-corrected chi connectivity index (χ2v) is 8.25. The molecule has 0 aliphatic carbocycles. The third kappa shape index (κ3) is 4.75. The highest BCUT2D eigenvalue weighted by molar-refractivity contribution is 7.16. The summed E-state index contributed by atoms with van der Waals surface area (Å²) in [7, 11) is 1.66. The maximum absolute atomic E-state index is 12.9. The lowest BCUT2D eigenvalue weighted by Crippen LogP contribution is -2.17. The first-order valence-electron chi connectivity index (χ1n) is 9.93. The Bertz CT molecular complexity index is 1160. The third-order valence-electron chi connectivity index (χ3n) is 4.87. The molecule has 4 aromatic rings. The number of carbonyl (C=O) groups excluding carboxylic acids is 1. The molecule has 0 aliphatic heterocycles. The van der Waals surface area contributed by atoms with Gasteiger partial charge in [-0.2, -0.15) is 0 Å². The number of carbonyl (C=O) groups is 1. The van der Waals surface area contributed by atoms with Gasteiger partial charge in [0.25, 0.3) is 5.91 Å². The average molecular weight is 430 g/mol. The molecule has 0 fully saturated rings. The fourth-order valence-corrected chi connectivity index (χ4v) is 4.38. The average Bonchev–Trinajstić information content (AvgIpc) is 3.18. The molecule has 2 heterocycles. The fourth-order valence-electron chi connectivity index (χ4n) is 3.43. The molecular formula is C25H23N3O2S. The van der Waals surface area contributed by atoms with E-state index in [9.17, 15) is 4.79 Å². The maximum atomic E-state index is 12.9. The van der Waals surface area contributed by atoms with Crippen molar-refractivity contribution in [1.29, 1.82) is 0 Å². The van der Waals surface area contributed by atoms with E-state index in [2.05, 4.69) is 21.7 Å². The highest BCUT2D eigenvalue weighted by Crippen LogP contribution is 2.40. The second-order valence-electron chi connectivity index (χ2n) is 7.00. The number of pyridine rings is 1. The van der Waals surface area contributed by atoms with Crippen molar-refractivity contribution in [3.8, 4) is 5.75 Å². The molecule has 6 heteroatoms. The molecule has 0 bridgehead atoms. The van der Waals surface area contributed by atoms with E-state index in [0.29, 0.717) is 5.56 Å². The first-order valence-corrected chi connectivity index (χ1v) is 10.7. The number of benzene rings is 2. The van der Waals surface area contributed by atoms with Crippen LogP contribution in [0.5, 0.6) is 5.75 Å². The number of para-hydroxylation sites is 1. The monoisotopic (exact) mass is 429 g/mol. The zero-order valence-electron chi connectivity index (χ0n) is 17.3. The van der Waals surface area contributed by atoms with Crippen molar-refractivity contribution >= 4 is 28.1 Å². The van der Waals surface area contributed by atoms with Crippen LogP contribution < -0.4 is 15.4 Å². The largest absolute Gasteiger partial charge is 0.496 e. The lowest BCUT2D eigenvalue weighted by molar-refractivity contribution is 0.102. The number of thiophene rings is 1. The van der Waals surface area contributed by atoms with Gasteiger partial charge in [0, 0.05) is 27.8 Å². The summed E-state index contributed by atoms with van der Waals surface area (Å²) in [6.45, 7) is 2.03. The molecule has 2 aromatic heterocycles. The van der Waals surface area contributed by atoms with Crippen molar-refractivity contribution in [3.63, 3.8) is 0 Å². The molecule has 0 saturated carbocycles. The Kier molecular flexibility index (Phi) is 6.29. The molecule has 2 aromatic carbocycles. The van der Waals surface area contributed by atoms with Crippen LogP contribution in [0, 0.1) is 6.92 Å². The molecule has 2 N–H and O–H groups in total. The van der Waals surface area contributed by atoms with Gasteiger partial charge in [-0.25, -0.2) is 4.98 Å². The summed E-state index contributed by atoms with van der Waals surface area (Å²) in [5.41, 5.74) is 2.54. The lowest BCUT2D eigenvalue weighted by atomic mass is 9.98. The van der Waals surface area contributed by atoms with E-state index < -0.39 is 0 Å². The van der Waals surface area contributed by atoms with Gasteiger partial charge < -0.3 is 15.4 Å². The number of aromatic nitrogens is 1. The smallest absolute Gasteiger partial charge is 0.256 e. The number of ether oxygens (including phenoxy) is 1. The molecule has 31 heavy (non-hydrogen) atoms. The second kappa shape index (κ2) is 9.45. The van der Waals surface area contributed by atoms with Crippen LogP contribution in [0.25, 0.3) is 0 Å². The minimum atomic E-state index is -0.262. The summed E-state index contributed by atoms with van der Waals surface area (Å²) < 4.78 is 5.64. The highest BCUT2D eigenvalue weighted by atomic mass is 32.1. The van der Waals surface area contributed by atoms with Gasteiger partial charge in [-0.3, -0.25) is 4.79 Å². The van der Waals surface area contributed by atoms with Gasteiger partial charge in [0.15, 0.2) is 0 Å². The third-order valence-corrected chi connectivity index (χ3v) is 5.85. The number of hydrogen-bond acceptors (Lipinski definition) is 5. The molecule has 0 spiro atoms. The molecule has 0 saturated heterocycles. The Morgan fingerprint density at radius 1 is 0.968 bits per heavy atom. The molecule has 1 unspecified atom stereocenters. The number of amides is 1. The molecule has 1 atom stereocenters. The number of rotatable bonds is 7. The van der Waals surface area contributed by atoms with Crippen LogP contribution in [0.2, 0.25) is 0 Å². The number of aryl methyl sites for hydroxylation is 1. The van der Waals surface area contributed by atoms with E-state index in [0.717, 1.165) is 32.6 Å². The molecule has 5 nitrogen and oxygen atoms in total. The fraction of sp³-hybridized carbons (Fsp3) is 0.120. The normalized spacial score (nSPS) is 11.5. The first kappa shape index (κ1) is 20.6. The van der Waals surface area contributed by atoms with Gasteiger partial charge in [-0.05, 0) is 43.3 Å². The number of methoxy groups -OCH3 is 1. The summed E-state index contributed by atoms with van der Waals surface area (Å²) in [6, 6.07) is 24.7. The van der Waals surface area contributed by atoms with E-state index in [1.54, 1.807) is 36.8 Å². The van der Waals surface area contributed by atoms with Gasteiger partial charge in [-0.15, -0.1) is 11.3 Å². The van der Waals surface area contributed by atoms with Crippen molar-refractivity contribution in [1.82, 2.24) is 4.98 Å². The molecule has 0 radical (unpaired) electrons. The molecular weight excluding hydrogens is 406 g/mol. The SMILES string of the molecule is COc1ccccc1C(Nc1ccccn1)c1cc(C)sc1NC(=O)c1ccccc1. The van der Waals surface area contributed by atoms with Crippen molar-refractivity contribution in [2.45, 2.75) is 13.0 Å². The van der Waals surface area contributed by atoms with E-state index in [1.807, 2.05) is 67.6 Å². The minimum absolute atomic E-state index is 0.139. The quantitative estimate of drug-likeness (QED) is 0.383. The van der Waals surface area contributed by atoms with Crippen molar-refractivity contribution in [2.75, 3.05) is 17.7 Å². The summed E-state index contributed by atoms with van der Waals surface area (Å²) in [6.07, 6.45) is 1.75. The number of nitrogens with zero attached hydrogens (tertiary/aromatic N) is 1. The maximum Gasteiger partial charge on any atom is 0.256 e. The Hall–Kier alpha value is -3.64. The van der Waals surface area contributed by atoms with Crippen LogP contribution in [-0.2, 0) is 0 Å². The van der Waals surface area contributed by atoms with Crippen molar-refractivity contribution in [3.05, 3.63) is 107 Å². The Morgan fingerprint density at radius 3 is 2.45 bits per heavy atom. The first-order chi connectivity index (χ1) is 15.2. The predicted octanol–water partition coefficient (Wildman–Crippen LogP) is 5.91. The highest BCUT2D eigenvalue weighted by Gasteiger charge is 2.24. The van der Waals surface area contributed by atoms with Crippen LogP contribution in [0.15, 0.2) is 85.1 Å². The summed E-state index contributed by atoms with van der Waals surface area (Å²) in [5, 5.41) is 7.41.